The number of nitrogens with zero attached hydrogens (tertiary/aromatic N) is 4. The largest absolute Gasteiger partial charge is 0.334 e. The molecule has 26 heavy (non-hydrogen) atoms. The third kappa shape index (κ3) is 3.59. The van der Waals surface area contributed by atoms with Crippen molar-refractivity contribution in [2.75, 3.05) is 13.1 Å². The maximum absolute atomic E-state index is 12.4. The van der Waals surface area contributed by atoms with Crippen LogP contribution in [-0.4, -0.2) is 38.8 Å². The van der Waals surface area contributed by atoms with E-state index in [2.05, 4.69) is 39.7 Å². The molecule has 1 fully saturated rings. The summed E-state index contributed by atoms with van der Waals surface area (Å²) in [5.41, 5.74) is 2.27. The molecular weight excluding hydrogens is 326 g/mol. The van der Waals surface area contributed by atoms with Crippen molar-refractivity contribution in [1.82, 2.24) is 25.0 Å². The van der Waals surface area contributed by atoms with Crippen molar-refractivity contribution >= 4 is 6.03 Å². The second-order valence-electron chi connectivity index (χ2n) is 6.48. The van der Waals surface area contributed by atoms with Gasteiger partial charge in [0, 0.05) is 44.1 Å². The quantitative estimate of drug-likeness (QED) is 0.789. The molecule has 3 heterocycles. The summed E-state index contributed by atoms with van der Waals surface area (Å²) in [4.78, 5) is 18.7. The smallest absolute Gasteiger partial charge is 0.317 e. The van der Waals surface area contributed by atoms with Crippen LogP contribution in [0, 0.1) is 0 Å². The van der Waals surface area contributed by atoms with Gasteiger partial charge in [-0.1, -0.05) is 36.4 Å². The molecule has 0 saturated carbocycles. The average molecular weight is 347 g/mol. The lowest BCUT2D eigenvalue weighted by Gasteiger charge is -2.17. The summed E-state index contributed by atoms with van der Waals surface area (Å²) in [7, 11) is 0. The van der Waals surface area contributed by atoms with Crippen LogP contribution in [0.2, 0.25) is 0 Å². The molecule has 4 rings (SSSR count). The first-order valence-corrected chi connectivity index (χ1v) is 8.82. The van der Waals surface area contributed by atoms with Crippen LogP contribution in [0.15, 0.2) is 67.1 Å². The van der Waals surface area contributed by atoms with Crippen molar-refractivity contribution in [3.63, 3.8) is 0 Å². The van der Waals surface area contributed by atoms with Gasteiger partial charge in [-0.2, -0.15) is 5.10 Å². The Balaban J connectivity index is 1.30. The lowest BCUT2D eigenvalue weighted by Crippen LogP contribution is -2.38. The fourth-order valence-electron chi connectivity index (χ4n) is 3.29. The molecule has 6 nitrogen and oxygen atoms in total. The Kier molecular flexibility index (Phi) is 4.64. The summed E-state index contributed by atoms with van der Waals surface area (Å²) < 4.78 is 1.70. The molecule has 0 bridgehead atoms. The molecule has 0 aliphatic carbocycles. The number of benzene rings is 1. The molecule has 2 aromatic heterocycles. The second-order valence-corrected chi connectivity index (χ2v) is 6.48. The minimum atomic E-state index is -0.0143. The van der Waals surface area contributed by atoms with Gasteiger partial charge in [-0.05, 0) is 29.7 Å². The molecule has 6 heteroatoms. The third-order valence-corrected chi connectivity index (χ3v) is 4.74. The zero-order chi connectivity index (χ0) is 17.8. The number of hydrogen-bond acceptors (Lipinski definition) is 3. The van der Waals surface area contributed by atoms with Crippen LogP contribution in [0.1, 0.15) is 23.5 Å². The fourth-order valence-corrected chi connectivity index (χ4v) is 3.29. The van der Waals surface area contributed by atoms with E-state index in [1.807, 2.05) is 35.4 Å². The Morgan fingerprint density at radius 2 is 2.04 bits per heavy atom. The van der Waals surface area contributed by atoms with E-state index in [9.17, 15) is 4.79 Å². The predicted molar refractivity (Wildman–Crippen MR) is 99.0 cm³/mol. The van der Waals surface area contributed by atoms with Gasteiger partial charge in [0.05, 0.1) is 0 Å². The molecule has 1 aliphatic heterocycles. The van der Waals surface area contributed by atoms with Crippen molar-refractivity contribution in [2.24, 2.45) is 0 Å². The summed E-state index contributed by atoms with van der Waals surface area (Å²) in [6.07, 6.45) is 6.35. The van der Waals surface area contributed by atoms with E-state index in [1.165, 1.54) is 5.56 Å². The lowest BCUT2D eigenvalue weighted by atomic mass is 9.99. The SMILES string of the molecule is O=C(NCc1ccc(-n2cccn2)nc1)N1CC[C@H](c2ccccc2)C1. The number of carbonyl (C=O) groups is 1. The van der Waals surface area contributed by atoms with E-state index >= 15 is 0 Å². The number of carbonyl (C=O) groups excluding carboxylic acids is 1. The first kappa shape index (κ1) is 16.3. The molecule has 1 saturated heterocycles. The molecule has 2 amide bonds. The first-order valence-electron chi connectivity index (χ1n) is 8.82. The van der Waals surface area contributed by atoms with Crippen molar-refractivity contribution in [2.45, 2.75) is 18.9 Å². The van der Waals surface area contributed by atoms with E-state index in [0.29, 0.717) is 12.5 Å². The van der Waals surface area contributed by atoms with Crippen molar-refractivity contribution in [3.05, 3.63) is 78.2 Å². The number of hydrogen-bond donors (Lipinski definition) is 1. The van der Waals surface area contributed by atoms with Gasteiger partial charge in [-0.3, -0.25) is 0 Å². The standard InChI is InChI=1S/C20H21N5O/c26-20(24-12-9-18(15-24)17-5-2-1-3-6-17)22-14-16-7-8-19(21-13-16)25-11-4-10-23-25/h1-8,10-11,13,18H,9,12,14-15H2,(H,22,26)/t18-/m0/s1. The van der Waals surface area contributed by atoms with Crippen LogP contribution in [0.5, 0.6) is 0 Å². The highest BCUT2D eigenvalue weighted by Gasteiger charge is 2.26. The minimum Gasteiger partial charge on any atom is -0.334 e. The number of aromatic nitrogens is 3. The van der Waals surface area contributed by atoms with Crippen LogP contribution in [-0.2, 0) is 6.54 Å². The van der Waals surface area contributed by atoms with Crippen molar-refractivity contribution in [1.29, 1.82) is 0 Å². The van der Waals surface area contributed by atoms with Crippen LogP contribution >= 0.6 is 0 Å². The Hall–Kier alpha value is -3.15. The monoisotopic (exact) mass is 347 g/mol. The van der Waals surface area contributed by atoms with E-state index in [-0.39, 0.29) is 6.03 Å². The number of pyridine rings is 1. The zero-order valence-electron chi connectivity index (χ0n) is 14.5. The summed E-state index contributed by atoms with van der Waals surface area (Å²) in [5.74, 6) is 1.19. The Morgan fingerprint density at radius 3 is 2.77 bits per heavy atom. The Bertz CT molecular complexity index is 846. The Morgan fingerprint density at radius 1 is 1.15 bits per heavy atom. The second kappa shape index (κ2) is 7.39. The van der Waals surface area contributed by atoms with Crippen LogP contribution in [0.25, 0.3) is 5.82 Å². The van der Waals surface area contributed by atoms with E-state index in [0.717, 1.165) is 30.9 Å². The third-order valence-electron chi connectivity index (χ3n) is 4.74. The molecule has 1 aliphatic rings. The van der Waals surface area contributed by atoms with Gasteiger partial charge in [0.15, 0.2) is 5.82 Å². The number of urea groups is 1. The maximum atomic E-state index is 12.4. The number of amides is 2. The zero-order valence-corrected chi connectivity index (χ0v) is 14.5. The van der Waals surface area contributed by atoms with Crippen molar-refractivity contribution in [3.8, 4) is 5.82 Å². The predicted octanol–water partition coefficient (Wildman–Crippen LogP) is 2.97. The normalized spacial score (nSPS) is 16.6. The molecule has 0 spiro atoms. The summed E-state index contributed by atoms with van der Waals surface area (Å²) in [6.45, 7) is 2.03. The highest BCUT2D eigenvalue weighted by Crippen LogP contribution is 2.26. The number of likely N-dealkylation sites (tertiary alicyclic amines) is 1. The van der Waals surface area contributed by atoms with Crippen LogP contribution in [0.4, 0.5) is 4.79 Å². The summed E-state index contributed by atoms with van der Waals surface area (Å²) in [6, 6.07) is 16.1. The molecule has 0 unspecified atom stereocenters. The number of rotatable bonds is 4. The summed E-state index contributed by atoms with van der Waals surface area (Å²) >= 11 is 0. The van der Waals surface area contributed by atoms with Gasteiger partial charge < -0.3 is 10.2 Å². The van der Waals surface area contributed by atoms with Crippen LogP contribution < -0.4 is 5.32 Å². The minimum absolute atomic E-state index is 0.0143. The van der Waals surface area contributed by atoms with E-state index in [1.54, 1.807) is 17.1 Å². The highest BCUT2D eigenvalue weighted by atomic mass is 16.2. The first-order chi connectivity index (χ1) is 12.8. The van der Waals surface area contributed by atoms with E-state index < -0.39 is 0 Å². The van der Waals surface area contributed by atoms with Gasteiger partial charge in [-0.15, -0.1) is 0 Å². The van der Waals surface area contributed by atoms with Crippen molar-refractivity contribution < 1.29 is 4.79 Å². The van der Waals surface area contributed by atoms with Gasteiger partial charge >= 0.3 is 6.03 Å². The van der Waals surface area contributed by atoms with Gasteiger partial charge in [-0.25, -0.2) is 14.5 Å². The van der Waals surface area contributed by atoms with Crippen LogP contribution in [0.3, 0.4) is 0 Å². The fraction of sp³-hybridized carbons (Fsp3) is 0.250. The molecular formula is C20H21N5O. The van der Waals surface area contributed by atoms with Gasteiger partial charge in [0.25, 0.3) is 0 Å². The van der Waals surface area contributed by atoms with Gasteiger partial charge in [0.2, 0.25) is 0 Å². The topological polar surface area (TPSA) is 63.1 Å². The van der Waals surface area contributed by atoms with Gasteiger partial charge in [0.1, 0.15) is 0 Å². The maximum Gasteiger partial charge on any atom is 0.317 e. The molecule has 0 radical (unpaired) electrons. The average Bonchev–Trinajstić information content (AvgIpc) is 3.39. The highest BCUT2D eigenvalue weighted by molar-refractivity contribution is 5.74. The molecule has 132 valence electrons. The van der Waals surface area contributed by atoms with E-state index in [4.69, 9.17) is 0 Å². The summed E-state index contributed by atoms with van der Waals surface area (Å²) in [5, 5.41) is 7.14. The lowest BCUT2D eigenvalue weighted by molar-refractivity contribution is 0.208. The Labute approximate surface area is 152 Å². The molecule has 3 aromatic rings. The molecule has 1 N–H and O–H groups in total. The molecule has 1 aromatic carbocycles. The number of nitrogens with one attached hydrogen (secondary N) is 1. The molecule has 1 atom stereocenters.